The van der Waals surface area contributed by atoms with E-state index in [0.717, 1.165) is 12.8 Å². The Hall–Kier alpha value is -1.58. The van der Waals surface area contributed by atoms with Gasteiger partial charge in [0.2, 0.25) is 0 Å². The van der Waals surface area contributed by atoms with Crippen molar-refractivity contribution in [3.05, 3.63) is 29.8 Å². The Labute approximate surface area is 145 Å². The largest absolute Gasteiger partial charge is 0.491 e. The van der Waals surface area contributed by atoms with Gasteiger partial charge in [-0.15, -0.1) is 0 Å². The summed E-state index contributed by atoms with van der Waals surface area (Å²) in [4.78, 5) is 10.7. The summed E-state index contributed by atoms with van der Waals surface area (Å²) in [5.74, 6) is -0.468. The first-order chi connectivity index (χ1) is 11.6. The van der Waals surface area contributed by atoms with Gasteiger partial charge < -0.3 is 9.84 Å². The van der Waals surface area contributed by atoms with Crippen LogP contribution in [0.3, 0.4) is 0 Å². The molecule has 0 radical (unpaired) electrons. The van der Waals surface area contributed by atoms with Gasteiger partial charge in [0, 0.05) is 0 Å². The van der Waals surface area contributed by atoms with Gasteiger partial charge in [-0.05, 0) is 30.7 Å². The SMILES string of the molecule is CCCCCCCCCCCC(F)COc1ccc(C(=O)O)cc1. The highest BCUT2D eigenvalue weighted by Crippen LogP contribution is 2.15. The molecule has 0 saturated carbocycles. The van der Waals surface area contributed by atoms with Gasteiger partial charge in [0.05, 0.1) is 5.56 Å². The Balaban J connectivity index is 2.01. The molecule has 0 saturated heterocycles. The van der Waals surface area contributed by atoms with Crippen LogP contribution in [0.5, 0.6) is 5.75 Å². The van der Waals surface area contributed by atoms with E-state index >= 15 is 0 Å². The zero-order valence-electron chi connectivity index (χ0n) is 14.8. The molecule has 1 unspecified atom stereocenters. The van der Waals surface area contributed by atoms with E-state index in [1.54, 1.807) is 12.1 Å². The predicted molar refractivity (Wildman–Crippen MR) is 95.6 cm³/mol. The van der Waals surface area contributed by atoms with E-state index in [4.69, 9.17) is 9.84 Å². The van der Waals surface area contributed by atoms with Crippen molar-refractivity contribution in [2.24, 2.45) is 0 Å². The normalized spacial score (nSPS) is 12.1. The molecule has 136 valence electrons. The Morgan fingerprint density at radius 2 is 1.54 bits per heavy atom. The third-order valence-electron chi connectivity index (χ3n) is 4.15. The molecule has 0 aliphatic rings. The second-order valence-corrected chi connectivity index (χ2v) is 6.35. The second kappa shape index (κ2) is 12.8. The van der Waals surface area contributed by atoms with Gasteiger partial charge in [-0.3, -0.25) is 0 Å². The summed E-state index contributed by atoms with van der Waals surface area (Å²) in [5.41, 5.74) is 0.203. The summed E-state index contributed by atoms with van der Waals surface area (Å²) >= 11 is 0. The van der Waals surface area contributed by atoms with Gasteiger partial charge in [0.1, 0.15) is 18.5 Å². The number of hydrogen-bond acceptors (Lipinski definition) is 2. The number of carboxylic acid groups (broad SMARTS) is 1. The highest BCUT2D eigenvalue weighted by Gasteiger charge is 2.08. The minimum atomic E-state index is -0.977. The standard InChI is InChI=1S/C20H31FO3/c1-2-3-4-5-6-7-8-9-10-11-18(21)16-24-19-14-12-17(13-15-19)20(22)23/h12-15,18H,2-11,16H2,1H3,(H,22,23). The average molecular weight is 338 g/mol. The minimum absolute atomic E-state index is 0.0312. The fraction of sp³-hybridized carbons (Fsp3) is 0.650. The van der Waals surface area contributed by atoms with E-state index in [0.29, 0.717) is 12.2 Å². The molecular formula is C20H31FO3. The third kappa shape index (κ3) is 9.53. The van der Waals surface area contributed by atoms with E-state index in [1.807, 2.05) is 0 Å². The summed E-state index contributed by atoms with van der Waals surface area (Å²) in [6.45, 7) is 2.26. The van der Waals surface area contributed by atoms with Gasteiger partial charge >= 0.3 is 5.97 Å². The quantitative estimate of drug-likeness (QED) is 0.422. The maximum absolute atomic E-state index is 13.8. The summed E-state index contributed by atoms with van der Waals surface area (Å²) in [6.07, 6.45) is 10.6. The maximum Gasteiger partial charge on any atom is 0.335 e. The van der Waals surface area contributed by atoms with Crippen molar-refractivity contribution in [1.29, 1.82) is 0 Å². The van der Waals surface area contributed by atoms with Gasteiger partial charge in [-0.1, -0.05) is 64.7 Å². The minimum Gasteiger partial charge on any atom is -0.491 e. The highest BCUT2D eigenvalue weighted by molar-refractivity contribution is 5.87. The molecule has 3 nitrogen and oxygen atoms in total. The molecule has 1 aromatic rings. The molecule has 1 N–H and O–H groups in total. The molecule has 24 heavy (non-hydrogen) atoms. The topological polar surface area (TPSA) is 46.5 Å². The van der Waals surface area contributed by atoms with E-state index < -0.39 is 12.1 Å². The average Bonchev–Trinajstić information content (AvgIpc) is 2.59. The Morgan fingerprint density at radius 1 is 1.00 bits per heavy atom. The lowest BCUT2D eigenvalue weighted by Crippen LogP contribution is -2.12. The van der Waals surface area contributed by atoms with Crippen molar-refractivity contribution in [3.63, 3.8) is 0 Å². The monoisotopic (exact) mass is 338 g/mol. The van der Waals surface area contributed by atoms with Crippen LogP contribution < -0.4 is 4.74 Å². The van der Waals surface area contributed by atoms with Crippen LogP contribution >= 0.6 is 0 Å². The molecule has 0 bridgehead atoms. The first-order valence-corrected chi connectivity index (χ1v) is 9.23. The zero-order valence-corrected chi connectivity index (χ0v) is 14.8. The van der Waals surface area contributed by atoms with Gasteiger partial charge in [-0.25, -0.2) is 9.18 Å². The molecule has 0 amide bonds. The van der Waals surface area contributed by atoms with Crippen LogP contribution in [0.15, 0.2) is 24.3 Å². The van der Waals surface area contributed by atoms with Crippen molar-refractivity contribution in [2.75, 3.05) is 6.61 Å². The second-order valence-electron chi connectivity index (χ2n) is 6.35. The number of rotatable bonds is 14. The number of unbranched alkanes of at least 4 members (excludes halogenated alkanes) is 8. The Bertz CT molecular complexity index is 445. The van der Waals surface area contributed by atoms with Crippen LogP contribution in [-0.2, 0) is 0 Å². The maximum atomic E-state index is 13.8. The van der Waals surface area contributed by atoms with Crippen LogP contribution in [0.25, 0.3) is 0 Å². The number of ether oxygens (including phenoxy) is 1. The van der Waals surface area contributed by atoms with Crippen LogP contribution in [0.1, 0.15) is 81.5 Å². The number of hydrogen-bond donors (Lipinski definition) is 1. The summed E-state index contributed by atoms with van der Waals surface area (Å²) in [5, 5.41) is 8.81. The number of aromatic carboxylic acids is 1. The molecule has 0 fully saturated rings. The number of halogens is 1. The van der Waals surface area contributed by atoms with E-state index in [9.17, 15) is 9.18 Å². The van der Waals surface area contributed by atoms with E-state index in [1.165, 1.54) is 57.1 Å². The molecule has 0 aliphatic heterocycles. The zero-order chi connectivity index (χ0) is 17.6. The smallest absolute Gasteiger partial charge is 0.335 e. The summed E-state index contributed by atoms with van der Waals surface area (Å²) in [7, 11) is 0. The molecule has 1 aromatic carbocycles. The molecular weight excluding hydrogens is 307 g/mol. The van der Waals surface area contributed by atoms with Gasteiger partial charge in [0.15, 0.2) is 0 Å². The Kier molecular flexibility index (Phi) is 10.9. The molecule has 4 heteroatoms. The van der Waals surface area contributed by atoms with Crippen molar-refractivity contribution < 1.29 is 19.0 Å². The molecule has 0 aliphatic carbocycles. The highest BCUT2D eigenvalue weighted by atomic mass is 19.1. The lowest BCUT2D eigenvalue weighted by molar-refractivity contribution is 0.0697. The van der Waals surface area contributed by atoms with Gasteiger partial charge in [-0.2, -0.15) is 0 Å². The van der Waals surface area contributed by atoms with Crippen LogP contribution in [0.4, 0.5) is 4.39 Å². The van der Waals surface area contributed by atoms with Gasteiger partial charge in [0.25, 0.3) is 0 Å². The lowest BCUT2D eigenvalue weighted by atomic mass is 10.1. The lowest BCUT2D eigenvalue weighted by Gasteiger charge is -2.10. The van der Waals surface area contributed by atoms with Crippen molar-refractivity contribution >= 4 is 5.97 Å². The van der Waals surface area contributed by atoms with Crippen LogP contribution in [0, 0.1) is 0 Å². The molecule has 1 rings (SSSR count). The van der Waals surface area contributed by atoms with Crippen LogP contribution in [0.2, 0.25) is 0 Å². The molecule has 0 heterocycles. The Morgan fingerprint density at radius 3 is 2.08 bits per heavy atom. The van der Waals surface area contributed by atoms with Crippen LogP contribution in [-0.4, -0.2) is 23.9 Å². The number of carbonyl (C=O) groups is 1. The number of alkyl halides is 1. The molecule has 0 spiro atoms. The molecule has 1 atom stereocenters. The predicted octanol–water partition coefficient (Wildman–Crippen LogP) is 6.02. The first-order valence-electron chi connectivity index (χ1n) is 9.23. The van der Waals surface area contributed by atoms with E-state index in [2.05, 4.69) is 6.92 Å². The fourth-order valence-electron chi connectivity index (χ4n) is 2.64. The van der Waals surface area contributed by atoms with E-state index in [-0.39, 0.29) is 12.2 Å². The number of benzene rings is 1. The summed E-state index contributed by atoms with van der Waals surface area (Å²) in [6, 6.07) is 6.06. The fourth-order valence-corrected chi connectivity index (χ4v) is 2.64. The molecule has 0 aromatic heterocycles. The summed E-state index contributed by atoms with van der Waals surface area (Å²) < 4.78 is 19.2. The first kappa shape index (κ1) is 20.5. The van der Waals surface area contributed by atoms with Crippen molar-refractivity contribution in [2.45, 2.75) is 77.3 Å². The number of carboxylic acids is 1. The van der Waals surface area contributed by atoms with Crippen molar-refractivity contribution in [3.8, 4) is 5.75 Å². The van der Waals surface area contributed by atoms with Crippen molar-refractivity contribution in [1.82, 2.24) is 0 Å². The third-order valence-corrected chi connectivity index (χ3v) is 4.15.